The van der Waals surface area contributed by atoms with Gasteiger partial charge in [0.25, 0.3) is 0 Å². The highest BCUT2D eigenvalue weighted by atomic mass is 19.4. The third-order valence-corrected chi connectivity index (χ3v) is 12.2. The summed E-state index contributed by atoms with van der Waals surface area (Å²) in [5.41, 5.74) is -0.609. The van der Waals surface area contributed by atoms with E-state index < -0.39 is 23.3 Å². The zero-order valence-corrected chi connectivity index (χ0v) is 26.2. The van der Waals surface area contributed by atoms with Gasteiger partial charge in [-0.05, 0) is 113 Å². The van der Waals surface area contributed by atoms with E-state index in [9.17, 15) is 22.4 Å². The van der Waals surface area contributed by atoms with Gasteiger partial charge in [0.1, 0.15) is 17.6 Å². The first-order chi connectivity index (χ1) is 22.4. The maximum absolute atomic E-state index is 14.7. The van der Waals surface area contributed by atoms with Gasteiger partial charge in [0.2, 0.25) is 11.8 Å². The van der Waals surface area contributed by atoms with Crippen molar-refractivity contribution < 1.29 is 26.9 Å². The summed E-state index contributed by atoms with van der Waals surface area (Å²) in [4.78, 5) is 25.2. The molecule has 8 nitrogen and oxygen atoms in total. The quantitative estimate of drug-likeness (QED) is 0.191. The van der Waals surface area contributed by atoms with E-state index in [0.29, 0.717) is 42.1 Å². The third kappa shape index (κ3) is 4.63. The normalized spacial score (nSPS) is 31.3. The monoisotopic (exact) mass is 648 g/mol. The highest BCUT2D eigenvalue weighted by molar-refractivity contribution is 5.99. The van der Waals surface area contributed by atoms with Crippen LogP contribution in [0.4, 0.5) is 23.2 Å². The molecule has 1 atom stereocenters. The molecule has 4 bridgehead atoms. The van der Waals surface area contributed by atoms with Gasteiger partial charge in [-0.2, -0.15) is 23.3 Å². The van der Waals surface area contributed by atoms with Crippen molar-refractivity contribution >= 4 is 17.2 Å². The first-order valence-electron chi connectivity index (χ1n) is 16.8. The van der Waals surface area contributed by atoms with Crippen LogP contribution in [-0.4, -0.2) is 43.4 Å². The molecule has 12 heteroatoms. The van der Waals surface area contributed by atoms with Gasteiger partial charge in [0.05, 0.1) is 5.41 Å². The number of pyridine rings is 1. The van der Waals surface area contributed by atoms with E-state index in [2.05, 4.69) is 15.2 Å². The number of hydrogen-bond donors (Lipinski definition) is 0. The third-order valence-electron chi connectivity index (χ3n) is 12.2. The van der Waals surface area contributed by atoms with Gasteiger partial charge in [-0.15, -0.1) is 0 Å². The number of carbonyl (C=O) groups excluding carboxylic acids is 1. The van der Waals surface area contributed by atoms with Crippen molar-refractivity contribution in [2.24, 2.45) is 16.7 Å². The molecule has 47 heavy (non-hydrogen) atoms. The van der Waals surface area contributed by atoms with Crippen molar-refractivity contribution in [3.05, 3.63) is 59.6 Å². The van der Waals surface area contributed by atoms with Crippen molar-refractivity contribution in [1.82, 2.24) is 24.7 Å². The number of rotatable bonds is 7. The molecule has 7 saturated carbocycles. The molecule has 0 aliphatic heterocycles. The summed E-state index contributed by atoms with van der Waals surface area (Å²) in [6, 6.07) is 8.27. The summed E-state index contributed by atoms with van der Waals surface area (Å²) >= 11 is 0. The largest absolute Gasteiger partial charge is 0.420 e. The SMILES string of the molecule is Cc1nc2c(C(F)(F)F)cc(-c3cccc(N(CC45CCC(c6nc(C7CC7)no6)(CC4)CC5)C(=O)C45CC(F)C(C4)C5)c3)cn2n1. The second-order valence-corrected chi connectivity index (χ2v) is 15.2. The van der Waals surface area contributed by atoms with Crippen LogP contribution in [0.2, 0.25) is 0 Å². The number of fused-ring (bicyclic) bond motifs is 5. The molecular weight excluding hydrogens is 612 g/mol. The molecule has 246 valence electrons. The number of benzene rings is 1. The van der Waals surface area contributed by atoms with Crippen LogP contribution < -0.4 is 4.90 Å². The van der Waals surface area contributed by atoms with E-state index in [1.54, 1.807) is 31.3 Å². The van der Waals surface area contributed by atoms with Gasteiger partial charge in [-0.1, -0.05) is 17.3 Å². The number of carbonyl (C=O) groups is 1. The molecular formula is C35H36F4N6O2. The fourth-order valence-corrected chi connectivity index (χ4v) is 9.16. The highest BCUT2D eigenvalue weighted by Crippen LogP contribution is 2.62. The molecule has 11 rings (SSSR count). The average Bonchev–Trinajstić information content (AvgIpc) is 3.33. The van der Waals surface area contributed by atoms with Gasteiger partial charge in [0.15, 0.2) is 11.5 Å². The van der Waals surface area contributed by atoms with Gasteiger partial charge >= 0.3 is 6.18 Å². The van der Waals surface area contributed by atoms with Gasteiger partial charge in [0, 0.05) is 35.3 Å². The summed E-state index contributed by atoms with van der Waals surface area (Å²) in [7, 11) is 0. The number of aryl methyl sites for hydroxylation is 1. The van der Waals surface area contributed by atoms with E-state index in [4.69, 9.17) is 9.51 Å². The standard InChI is InChI=1S/C35H36F4N6O2/c1-20-40-29-26(35(37,38)39)14-23(18-45(29)42-20)22-3-2-4-25(13-22)44(31(46)34-15-24(16-34)27(36)17-34)19-32-7-10-33(11-8-32,12-9-32)30-41-28(43-47-30)21-5-6-21/h2-4,13-14,18,21,24,27H,5-12,15-17,19H2,1H3. The Morgan fingerprint density at radius 2 is 1.77 bits per heavy atom. The number of amides is 1. The minimum absolute atomic E-state index is 0.0628. The molecule has 1 amide bonds. The van der Waals surface area contributed by atoms with Crippen molar-refractivity contribution in [3.8, 4) is 11.1 Å². The van der Waals surface area contributed by atoms with Crippen LogP contribution >= 0.6 is 0 Å². The van der Waals surface area contributed by atoms with Crippen LogP contribution in [0.3, 0.4) is 0 Å². The zero-order valence-electron chi connectivity index (χ0n) is 26.2. The Morgan fingerprint density at radius 3 is 2.43 bits per heavy atom. The molecule has 1 unspecified atom stereocenters. The maximum Gasteiger partial charge on any atom is 0.420 e. The predicted octanol–water partition coefficient (Wildman–Crippen LogP) is 7.75. The Hall–Kier alpha value is -3.83. The minimum Gasteiger partial charge on any atom is -0.339 e. The summed E-state index contributed by atoms with van der Waals surface area (Å²) in [5.74, 6) is 2.12. The van der Waals surface area contributed by atoms with E-state index in [1.807, 2.05) is 11.0 Å². The zero-order chi connectivity index (χ0) is 32.3. The number of anilines is 1. The molecule has 7 aliphatic rings. The molecule has 0 spiro atoms. The van der Waals surface area contributed by atoms with Crippen LogP contribution in [0.1, 0.15) is 99.6 Å². The van der Waals surface area contributed by atoms with E-state index in [1.165, 1.54) is 4.52 Å². The molecule has 3 aromatic heterocycles. The smallest absolute Gasteiger partial charge is 0.339 e. The number of nitrogens with zero attached hydrogens (tertiary/aromatic N) is 6. The van der Waals surface area contributed by atoms with Crippen molar-refractivity contribution in [1.29, 1.82) is 0 Å². The second kappa shape index (κ2) is 9.85. The molecule has 0 N–H and O–H groups in total. The summed E-state index contributed by atoms with van der Waals surface area (Å²) < 4.78 is 64.1. The fourth-order valence-electron chi connectivity index (χ4n) is 9.16. The van der Waals surface area contributed by atoms with Crippen LogP contribution in [0.15, 0.2) is 41.1 Å². The topological polar surface area (TPSA) is 89.4 Å². The van der Waals surface area contributed by atoms with Crippen LogP contribution in [0.5, 0.6) is 0 Å². The van der Waals surface area contributed by atoms with Crippen molar-refractivity contribution in [2.75, 3.05) is 11.4 Å². The minimum atomic E-state index is -4.63. The van der Waals surface area contributed by atoms with Gasteiger partial charge in [-0.3, -0.25) is 4.79 Å². The first kappa shape index (κ1) is 29.3. The lowest BCUT2D eigenvalue weighted by atomic mass is 9.53. The molecule has 1 aromatic carbocycles. The molecule has 4 aromatic rings. The van der Waals surface area contributed by atoms with Gasteiger partial charge in [-0.25, -0.2) is 13.9 Å². The predicted molar refractivity (Wildman–Crippen MR) is 163 cm³/mol. The Balaban J connectivity index is 1.05. The molecule has 7 aliphatic carbocycles. The van der Waals surface area contributed by atoms with Crippen LogP contribution in [0, 0.1) is 23.7 Å². The number of alkyl halides is 4. The van der Waals surface area contributed by atoms with E-state index in [0.717, 1.165) is 69.1 Å². The summed E-state index contributed by atoms with van der Waals surface area (Å²) in [6.07, 6.45) is 4.92. The maximum atomic E-state index is 14.7. The Labute approximate surface area is 268 Å². The number of aromatic nitrogens is 5. The Morgan fingerprint density at radius 1 is 1.02 bits per heavy atom. The Bertz CT molecular complexity index is 1880. The number of hydrogen-bond acceptors (Lipinski definition) is 6. The molecule has 0 saturated heterocycles. The average molecular weight is 649 g/mol. The lowest BCUT2D eigenvalue weighted by Crippen LogP contribution is -2.54. The number of halogens is 4. The lowest BCUT2D eigenvalue weighted by molar-refractivity contribution is -0.136. The fraction of sp³-hybridized carbons (Fsp3) is 0.571. The highest BCUT2D eigenvalue weighted by Gasteiger charge is 2.62. The van der Waals surface area contributed by atoms with Gasteiger partial charge < -0.3 is 9.42 Å². The molecule has 7 fully saturated rings. The first-order valence-corrected chi connectivity index (χ1v) is 16.8. The van der Waals surface area contributed by atoms with Crippen LogP contribution in [-0.2, 0) is 16.4 Å². The van der Waals surface area contributed by atoms with E-state index in [-0.39, 0.29) is 40.5 Å². The summed E-state index contributed by atoms with van der Waals surface area (Å²) in [6.45, 7) is 2.04. The van der Waals surface area contributed by atoms with E-state index >= 15 is 0 Å². The van der Waals surface area contributed by atoms with Crippen molar-refractivity contribution in [3.63, 3.8) is 0 Å². The lowest BCUT2D eigenvalue weighted by Gasteiger charge is -2.54. The second-order valence-electron chi connectivity index (χ2n) is 15.2. The summed E-state index contributed by atoms with van der Waals surface area (Å²) in [5, 5.41) is 8.45. The molecule has 3 heterocycles. The van der Waals surface area contributed by atoms with Crippen molar-refractivity contribution in [2.45, 2.75) is 101 Å². The molecule has 0 radical (unpaired) electrons. The Kier molecular flexibility index (Phi) is 6.15. The van der Waals surface area contributed by atoms with Crippen LogP contribution in [0.25, 0.3) is 16.8 Å².